The lowest BCUT2D eigenvalue weighted by Gasteiger charge is -2.33. The van der Waals surface area contributed by atoms with Gasteiger partial charge in [-0.25, -0.2) is 0 Å². The molecular formula is C30H35ClN2O3S. The van der Waals surface area contributed by atoms with Crippen LogP contribution < -0.4 is 15.4 Å². The second kappa shape index (κ2) is 11.3. The molecule has 5 nitrogen and oxygen atoms in total. The van der Waals surface area contributed by atoms with Gasteiger partial charge in [-0.3, -0.25) is 9.59 Å². The average molecular weight is 539 g/mol. The number of benzene rings is 2. The molecule has 2 aromatic carbocycles. The maximum absolute atomic E-state index is 13.7. The molecule has 0 saturated carbocycles. The molecule has 196 valence electrons. The van der Waals surface area contributed by atoms with E-state index in [0.29, 0.717) is 27.3 Å². The van der Waals surface area contributed by atoms with Crippen molar-refractivity contribution in [3.63, 3.8) is 0 Å². The van der Waals surface area contributed by atoms with E-state index in [-0.39, 0.29) is 17.2 Å². The van der Waals surface area contributed by atoms with Crippen LogP contribution in [0.3, 0.4) is 0 Å². The van der Waals surface area contributed by atoms with Crippen molar-refractivity contribution in [1.29, 1.82) is 0 Å². The summed E-state index contributed by atoms with van der Waals surface area (Å²) in [7, 11) is 0. The Morgan fingerprint density at radius 3 is 2.49 bits per heavy atom. The lowest BCUT2D eigenvalue weighted by Crippen LogP contribution is -2.30. The van der Waals surface area contributed by atoms with Gasteiger partial charge in [-0.15, -0.1) is 11.3 Å². The van der Waals surface area contributed by atoms with E-state index in [1.807, 2.05) is 24.3 Å². The van der Waals surface area contributed by atoms with Gasteiger partial charge in [0, 0.05) is 15.6 Å². The second-order valence-corrected chi connectivity index (χ2v) is 12.2. The number of hydrogen-bond donors (Lipinski definition) is 2. The van der Waals surface area contributed by atoms with Crippen molar-refractivity contribution in [1.82, 2.24) is 0 Å². The predicted octanol–water partition coefficient (Wildman–Crippen LogP) is 7.77. The number of nitrogens with one attached hydrogen (secondary N) is 2. The highest BCUT2D eigenvalue weighted by atomic mass is 35.5. The van der Waals surface area contributed by atoms with E-state index in [2.05, 4.69) is 38.3 Å². The van der Waals surface area contributed by atoms with Crippen molar-refractivity contribution in [3.8, 4) is 5.75 Å². The van der Waals surface area contributed by atoms with Gasteiger partial charge < -0.3 is 15.4 Å². The molecule has 2 N–H and O–H groups in total. The minimum absolute atomic E-state index is 0.175. The van der Waals surface area contributed by atoms with E-state index < -0.39 is 6.10 Å². The van der Waals surface area contributed by atoms with E-state index >= 15 is 0 Å². The van der Waals surface area contributed by atoms with Gasteiger partial charge in [-0.1, -0.05) is 57.5 Å². The first-order chi connectivity index (χ1) is 17.6. The van der Waals surface area contributed by atoms with Crippen LogP contribution >= 0.6 is 22.9 Å². The minimum atomic E-state index is -0.751. The Morgan fingerprint density at radius 2 is 1.81 bits per heavy atom. The van der Waals surface area contributed by atoms with Gasteiger partial charge in [0.2, 0.25) is 0 Å². The monoisotopic (exact) mass is 538 g/mol. The smallest absolute Gasteiger partial charge is 0.265 e. The van der Waals surface area contributed by atoms with Crippen LogP contribution in [0.2, 0.25) is 5.02 Å². The number of amides is 2. The van der Waals surface area contributed by atoms with Crippen LogP contribution in [0.25, 0.3) is 0 Å². The topological polar surface area (TPSA) is 67.4 Å². The molecule has 3 aromatic rings. The van der Waals surface area contributed by atoms with E-state index in [0.717, 1.165) is 42.5 Å². The molecule has 0 radical (unpaired) electrons. The maximum Gasteiger partial charge on any atom is 0.265 e. The number of carbonyl (C=O) groups excluding carboxylic acids is 2. The molecule has 1 aromatic heterocycles. The number of thiophene rings is 1. The number of hydrogen-bond acceptors (Lipinski definition) is 4. The van der Waals surface area contributed by atoms with Crippen LogP contribution in [0.1, 0.15) is 67.4 Å². The van der Waals surface area contributed by atoms with Gasteiger partial charge in [0.25, 0.3) is 11.8 Å². The van der Waals surface area contributed by atoms with Crippen molar-refractivity contribution in [2.24, 2.45) is 11.3 Å². The van der Waals surface area contributed by atoms with Gasteiger partial charge in [0.1, 0.15) is 10.8 Å². The second-order valence-electron chi connectivity index (χ2n) is 10.7. The van der Waals surface area contributed by atoms with Crippen molar-refractivity contribution in [2.45, 2.75) is 66.4 Å². The van der Waals surface area contributed by atoms with Crippen LogP contribution in [-0.2, 0) is 24.1 Å². The maximum atomic E-state index is 13.7. The fourth-order valence-corrected chi connectivity index (χ4v) is 6.23. The zero-order valence-electron chi connectivity index (χ0n) is 22.1. The minimum Gasteiger partial charge on any atom is -0.481 e. The first-order valence-corrected chi connectivity index (χ1v) is 14.0. The summed E-state index contributed by atoms with van der Waals surface area (Å²) in [6, 6.07) is 14.7. The molecular weight excluding hydrogens is 504 g/mol. The van der Waals surface area contributed by atoms with Gasteiger partial charge in [-0.2, -0.15) is 0 Å². The van der Waals surface area contributed by atoms with Crippen LogP contribution in [0.15, 0.2) is 48.5 Å². The Labute approximate surface area is 228 Å². The lowest BCUT2D eigenvalue weighted by atomic mass is 9.72. The standard InChI is InChI=1S/C30H35ClN2O3S/c1-6-19-9-7-8-10-24(19)32-28(35)26-23-16-11-20(30(3,4)5)17-25(23)37-29(26)33-27(34)18(2)36-22-14-12-21(31)13-15-22/h7-10,12-15,18,20H,6,11,16-17H2,1-5H3,(H,32,35)(H,33,34). The molecule has 0 spiro atoms. The Kier molecular flexibility index (Phi) is 8.29. The molecule has 2 amide bonds. The fraction of sp³-hybridized carbons (Fsp3) is 0.400. The van der Waals surface area contributed by atoms with Crippen LogP contribution in [0, 0.1) is 11.3 Å². The number of aryl methyl sites for hydroxylation is 1. The Balaban J connectivity index is 1.62. The summed E-state index contributed by atoms with van der Waals surface area (Å²) in [5, 5.41) is 7.32. The van der Waals surface area contributed by atoms with Gasteiger partial charge in [-0.05, 0) is 85.4 Å². The Bertz CT molecular complexity index is 1280. The molecule has 7 heteroatoms. The Morgan fingerprint density at radius 1 is 1.11 bits per heavy atom. The number of rotatable bonds is 7. The zero-order chi connectivity index (χ0) is 26.7. The molecule has 0 fully saturated rings. The number of carbonyl (C=O) groups is 2. The highest BCUT2D eigenvalue weighted by Gasteiger charge is 2.34. The molecule has 1 aliphatic rings. The van der Waals surface area contributed by atoms with Gasteiger partial charge in [0.05, 0.1) is 5.56 Å². The quantitative estimate of drug-likeness (QED) is 0.323. The molecule has 2 atom stereocenters. The van der Waals surface area contributed by atoms with Gasteiger partial charge >= 0.3 is 0 Å². The number of fused-ring (bicyclic) bond motifs is 1. The number of anilines is 2. The lowest BCUT2D eigenvalue weighted by molar-refractivity contribution is -0.122. The van der Waals surface area contributed by atoms with Crippen molar-refractivity contribution in [2.75, 3.05) is 10.6 Å². The molecule has 4 rings (SSSR count). The molecule has 37 heavy (non-hydrogen) atoms. The summed E-state index contributed by atoms with van der Waals surface area (Å²) in [6.07, 6.45) is 2.80. The third-order valence-corrected chi connectivity index (χ3v) is 8.52. The third kappa shape index (κ3) is 6.36. The van der Waals surface area contributed by atoms with E-state index in [1.54, 1.807) is 31.2 Å². The van der Waals surface area contributed by atoms with Crippen LogP contribution in [0.5, 0.6) is 5.75 Å². The first kappa shape index (κ1) is 27.2. The highest BCUT2D eigenvalue weighted by molar-refractivity contribution is 7.17. The molecule has 0 bridgehead atoms. The number of halogens is 1. The zero-order valence-corrected chi connectivity index (χ0v) is 23.7. The van der Waals surface area contributed by atoms with Crippen molar-refractivity contribution >= 4 is 45.4 Å². The van der Waals surface area contributed by atoms with E-state index in [1.165, 1.54) is 16.2 Å². The number of para-hydroxylation sites is 1. The van der Waals surface area contributed by atoms with E-state index in [4.69, 9.17) is 16.3 Å². The van der Waals surface area contributed by atoms with Crippen LogP contribution in [0.4, 0.5) is 10.7 Å². The summed E-state index contributed by atoms with van der Waals surface area (Å²) in [4.78, 5) is 28.0. The Hall–Kier alpha value is -2.83. The molecule has 0 saturated heterocycles. The highest BCUT2D eigenvalue weighted by Crippen LogP contribution is 2.44. The molecule has 2 unspecified atom stereocenters. The third-order valence-electron chi connectivity index (χ3n) is 7.10. The van der Waals surface area contributed by atoms with Crippen molar-refractivity contribution in [3.05, 3.63) is 75.1 Å². The average Bonchev–Trinajstić information content (AvgIpc) is 3.22. The predicted molar refractivity (Wildman–Crippen MR) is 153 cm³/mol. The summed E-state index contributed by atoms with van der Waals surface area (Å²) in [6.45, 7) is 10.6. The summed E-state index contributed by atoms with van der Waals surface area (Å²) in [5.74, 6) is 0.587. The number of ether oxygens (including phenoxy) is 1. The fourth-order valence-electron chi connectivity index (χ4n) is 4.77. The normalized spacial score (nSPS) is 16.0. The SMILES string of the molecule is CCc1ccccc1NC(=O)c1c(NC(=O)C(C)Oc2ccc(Cl)cc2)sc2c1CCC(C(C)(C)C)C2. The van der Waals surface area contributed by atoms with Crippen LogP contribution in [-0.4, -0.2) is 17.9 Å². The van der Waals surface area contributed by atoms with E-state index in [9.17, 15) is 9.59 Å². The first-order valence-electron chi connectivity index (χ1n) is 12.8. The molecule has 1 aliphatic carbocycles. The molecule has 0 aliphatic heterocycles. The van der Waals surface area contributed by atoms with Gasteiger partial charge in [0.15, 0.2) is 6.10 Å². The summed E-state index contributed by atoms with van der Waals surface area (Å²) >= 11 is 7.48. The largest absolute Gasteiger partial charge is 0.481 e. The summed E-state index contributed by atoms with van der Waals surface area (Å²) < 4.78 is 5.83. The summed E-state index contributed by atoms with van der Waals surface area (Å²) in [5.41, 5.74) is 3.68. The van der Waals surface area contributed by atoms with Crippen molar-refractivity contribution < 1.29 is 14.3 Å². The molecule has 1 heterocycles.